The topological polar surface area (TPSA) is 91.0 Å². The van der Waals surface area contributed by atoms with Crippen molar-refractivity contribution >= 4 is 52.0 Å². The molecule has 2 aromatic rings. The highest BCUT2D eigenvalue weighted by Gasteiger charge is 2.41. The zero-order chi connectivity index (χ0) is 27.5. The van der Waals surface area contributed by atoms with E-state index in [1.54, 1.807) is 18.2 Å². The standard InChI is InChI=1S/C27H31ClF2N4O4S/c28-23-10-9-22(39-23)27(37)31-14-21(34(16-3-1-4-16)17-5-2-6-17)26(36)32-20-8-7-18(13-19(20)25(29)30)33-11-12-38-15-24(33)35/h7-10,13,16-17,21,25H,1-6,11-12,14-15H2,(H,31,37)(H,32,36)/t21-/m0/s1. The SMILES string of the molecule is O=C(NC[C@@H](C(=O)Nc1ccc(N2CCOCC2=O)cc1C(F)F)N(C1CCC1)C1CCC1)c1ccc(Cl)s1. The number of morpholine rings is 1. The van der Waals surface area contributed by atoms with Gasteiger partial charge >= 0.3 is 0 Å². The Labute approximate surface area is 234 Å². The van der Waals surface area contributed by atoms with E-state index >= 15 is 0 Å². The normalized spacial score (nSPS) is 19.1. The van der Waals surface area contributed by atoms with Crippen molar-refractivity contribution in [3.8, 4) is 0 Å². The van der Waals surface area contributed by atoms with Crippen molar-refractivity contribution in [3.05, 3.63) is 45.1 Å². The van der Waals surface area contributed by atoms with Crippen LogP contribution in [0.3, 0.4) is 0 Å². The van der Waals surface area contributed by atoms with Crippen LogP contribution in [0.4, 0.5) is 20.2 Å². The van der Waals surface area contributed by atoms with E-state index in [-0.39, 0.29) is 54.8 Å². The molecule has 1 aromatic heterocycles. The molecule has 3 aliphatic rings. The smallest absolute Gasteiger partial charge is 0.265 e. The second kappa shape index (κ2) is 12.3. The van der Waals surface area contributed by atoms with Crippen LogP contribution in [-0.4, -0.2) is 67.1 Å². The fourth-order valence-electron chi connectivity index (χ4n) is 5.24. The molecular formula is C27H31ClF2N4O4S. The first-order valence-corrected chi connectivity index (χ1v) is 14.4. The van der Waals surface area contributed by atoms with Crippen LogP contribution < -0.4 is 15.5 Å². The van der Waals surface area contributed by atoms with E-state index in [1.165, 1.54) is 17.0 Å². The number of ether oxygens (including phenoxy) is 1. The lowest BCUT2D eigenvalue weighted by molar-refractivity contribution is -0.126. The lowest BCUT2D eigenvalue weighted by Crippen LogP contribution is -2.61. The number of thiophene rings is 1. The Morgan fingerprint density at radius 2 is 1.85 bits per heavy atom. The van der Waals surface area contributed by atoms with Crippen molar-refractivity contribution in [2.45, 2.75) is 63.1 Å². The fraction of sp³-hybridized carbons (Fsp3) is 0.519. The summed E-state index contributed by atoms with van der Waals surface area (Å²) in [7, 11) is 0. The number of hydrogen-bond donors (Lipinski definition) is 2. The van der Waals surface area contributed by atoms with Gasteiger partial charge in [-0.3, -0.25) is 19.3 Å². The third kappa shape index (κ3) is 6.26. The van der Waals surface area contributed by atoms with Gasteiger partial charge in [-0.15, -0.1) is 11.3 Å². The van der Waals surface area contributed by atoms with Gasteiger partial charge in [-0.05, 0) is 56.0 Å². The van der Waals surface area contributed by atoms with Crippen molar-refractivity contribution in [3.63, 3.8) is 0 Å². The minimum atomic E-state index is -2.87. The summed E-state index contributed by atoms with van der Waals surface area (Å²) in [5, 5.41) is 5.60. The molecule has 0 bridgehead atoms. The molecule has 2 saturated carbocycles. The number of nitrogens with one attached hydrogen (secondary N) is 2. The van der Waals surface area contributed by atoms with E-state index in [0.29, 0.717) is 21.5 Å². The third-order valence-corrected chi connectivity index (χ3v) is 8.96. The molecule has 8 nitrogen and oxygen atoms in total. The summed E-state index contributed by atoms with van der Waals surface area (Å²) >= 11 is 7.13. The molecule has 2 heterocycles. The Morgan fingerprint density at radius 1 is 1.13 bits per heavy atom. The van der Waals surface area contributed by atoms with Gasteiger partial charge in [0.25, 0.3) is 18.2 Å². The van der Waals surface area contributed by atoms with Crippen molar-refractivity contribution in [1.82, 2.24) is 10.2 Å². The molecule has 12 heteroatoms. The molecule has 0 radical (unpaired) electrons. The third-order valence-electron chi connectivity index (χ3n) is 7.73. The van der Waals surface area contributed by atoms with Crippen LogP contribution in [0.2, 0.25) is 4.34 Å². The predicted octanol–water partition coefficient (Wildman–Crippen LogP) is 4.85. The van der Waals surface area contributed by atoms with E-state index in [9.17, 15) is 23.2 Å². The predicted molar refractivity (Wildman–Crippen MR) is 146 cm³/mol. The van der Waals surface area contributed by atoms with E-state index < -0.39 is 18.4 Å². The molecule has 1 atom stereocenters. The van der Waals surface area contributed by atoms with Gasteiger partial charge in [-0.25, -0.2) is 8.78 Å². The van der Waals surface area contributed by atoms with Gasteiger partial charge in [0.05, 0.1) is 15.8 Å². The van der Waals surface area contributed by atoms with E-state index in [2.05, 4.69) is 15.5 Å². The number of carbonyl (C=O) groups is 3. The summed E-state index contributed by atoms with van der Waals surface area (Å²) in [5.74, 6) is -1.09. The van der Waals surface area contributed by atoms with Crippen LogP contribution in [0.1, 0.15) is 60.2 Å². The summed E-state index contributed by atoms with van der Waals surface area (Å²) in [4.78, 5) is 42.8. The summed E-state index contributed by atoms with van der Waals surface area (Å²) in [6.45, 7) is 0.517. The Morgan fingerprint density at radius 3 is 2.41 bits per heavy atom. The van der Waals surface area contributed by atoms with Gasteiger partial charge in [0.15, 0.2) is 0 Å². The van der Waals surface area contributed by atoms with Crippen LogP contribution in [-0.2, 0) is 14.3 Å². The monoisotopic (exact) mass is 580 g/mol. The summed E-state index contributed by atoms with van der Waals surface area (Å²) in [5.41, 5.74) is -0.0430. The molecule has 3 amide bonds. The van der Waals surface area contributed by atoms with Gasteiger partial charge in [0.1, 0.15) is 12.6 Å². The number of anilines is 2. The molecule has 1 aromatic carbocycles. The van der Waals surface area contributed by atoms with Crippen LogP contribution in [0, 0.1) is 0 Å². The number of benzene rings is 1. The Kier molecular flexibility index (Phi) is 8.80. The summed E-state index contributed by atoms with van der Waals surface area (Å²) in [6, 6.07) is 7.17. The maximum absolute atomic E-state index is 14.2. The zero-order valence-electron chi connectivity index (χ0n) is 21.3. The first-order valence-electron chi connectivity index (χ1n) is 13.2. The molecule has 5 rings (SSSR count). The summed E-state index contributed by atoms with van der Waals surface area (Å²) < 4.78 is 33.9. The number of nitrogens with zero attached hydrogens (tertiary/aromatic N) is 2. The second-order valence-electron chi connectivity index (χ2n) is 10.1. The van der Waals surface area contributed by atoms with E-state index in [0.717, 1.165) is 49.9 Å². The fourth-order valence-corrected chi connectivity index (χ4v) is 6.20. The first kappa shape index (κ1) is 27.9. The van der Waals surface area contributed by atoms with Gasteiger partial charge in [0, 0.05) is 42.1 Å². The number of amides is 3. The zero-order valence-corrected chi connectivity index (χ0v) is 22.9. The number of halogens is 3. The second-order valence-corrected chi connectivity index (χ2v) is 11.8. The van der Waals surface area contributed by atoms with Crippen molar-refractivity contribution in [2.24, 2.45) is 0 Å². The largest absolute Gasteiger partial charge is 0.370 e. The summed E-state index contributed by atoms with van der Waals surface area (Å²) in [6.07, 6.45) is 3.10. The molecule has 1 aliphatic heterocycles. The van der Waals surface area contributed by atoms with E-state index in [4.69, 9.17) is 16.3 Å². The van der Waals surface area contributed by atoms with Crippen molar-refractivity contribution < 1.29 is 27.9 Å². The molecule has 1 saturated heterocycles. The highest BCUT2D eigenvalue weighted by atomic mass is 35.5. The number of alkyl halides is 2. The minimum absolute atomic E-state index is 0.0111. The first-order chi connectivity index (χ1) is 18.8. The molecule has 210 valence electrons. The highest BCUT2D eigenvalue weighted by Crippen LogP contribution is 2.37. The van der Waals surface area contributed by atoms with Gasteiger partial charge in [-0.1, -0.05) is 24.4 Å². The molecule has 39 heavy (non-hydrogen) atoms. The molecule has 0 unspecified atom stereocenters. The maximum Gasteiger partial charge on any atom is 0.265 e. The maximum atomic E-state index is 14.2. The van der Waals surface area contributed by atoms with Gasteiger partial charge in [-0.2, -0.15) is 0 Å². The average molecular weight is 581 g/mol. The lowest BCUT2D eigenvalue weighted by Gasteiger charge is -2.49. The number of carbonyl (C=O) groups excluding carboxylic acids is 3. The van der Waals surface area contributed by atoms with E-state index in [1.807, 2.05) is 0 Å². The Bertz CT molecular complexity index is 1210. The van der Waals surface area contributed by atoms with Crippen molar-refractivity contribution in [1.29, 1.82) is 0 Å². The number of hydrogen-bond acceptors (Lipinski definition) is 6. The highest BCUT2D eigenvalue weighted by molar-refractivity contribution is 7.18. The van der Waals surface area contributed by atoms with Crippen LogP contribution in [0.25, 0.3) is 0 Å². The molecule has 0 spiro atoms. The molecule has 2 N–H and O–H groups in total. The van der Waals surface area contributed by atoms with Crippen LogP contribution in [0.15, 0.2) is 30.3 Å². The Hall–Kier alpha value is -2.60. The molecule has 3 fully saturated rings. The number of rotatable bonds is 10. The minimum Gasteiger partial charge on any atom is -0.370 e. The van der Waals surface area contributed by atoms with Gasteiger partial charge < -0.3 is 20.3 Å². The lowest BCUT2D eigenvalue weighted by atomic mass is 9.83. The quantitative estimate of drug-likeness (QED) is 0.419. The van der Waals surface area contributed by atoms with Crippen molar-refractivity contribution in [2.75, 3.05) is 36.5 Å². The van der Waals surface area contributed by atoms with Crippen LogP contribution >= 0.6 is 22.9 Å². The van der Waals surface area contributed by atoms with Crippen LogP contribution in [0.5, 0.6) is 0 Å². The molecule has 2 aliphatic carbocycles. The molecular weight excluding hydrogens is 550 g/mol. The Balaban J connectivity index is 1.38. The van der Waals surface area contributed by atoms with Gasteiger partial charge in [0.2, 0.25) is 5.91 Å². The average Bonchev–Trinajstić information content (AvgIpc) is 3.28.